The molecule has 0 aromatic heterocycles. The van der Waals surface area contributed by atoms with Gasteiger partial charge in [-0.15, -0.1) is 0 Å². The zero-order valence-electron chi connectivity index (χ0n) is 15.8. The van der Waals surface area contributed by atoms with E-state index in [1.807, 2.05) is 27.7 Å². The van der Waals surface area contributed by atoms with Crippen LogP contribution >= 0.6 is 0 Å². The van der Waals surface area contributed by atoms with Crippen LogP contribution in [0.4, 0.5) is 5.69 Å². The van der Waals surface area contributed by atoms with Crippen LogP contribution in [0.5, 0.6) is 0 Å². The summed E-state index contributed by atoms with van der Waals surface area (Å²) in [5.41, 5.74) is 1.13. The van der Waals surface area contributed by atoms with Gasteiger partial charge in [-0.3, -0.25) is 4.79 Å². The topological polar surface area (TPSA) is 66.5 Å². The van der Waals surface area contributed by atoms with Crippen molar-refractivity contribution in [2.75, 3.05) is 19.4 Å². The molecule has 0 fully saturated rings. The summed E-state index contributed by atoms with van der Waals surface area (Å²) < 4.78 is 25.6. The number of sulfonamides is 1. The van der Waals surface area contributed by atoms with Crippen LogP contribution in [0.1, 0.15) is 38.1 Å². The van der Waals surface area contributed by atoms with Crippen molar-refractivity contribution in [2.45, 2.75) is 32.6 Å². The van der Waals surface area contributed by atoms with Crippen LogP contribution in [0, 0.1) is 0 Å². The summed E-state index contributed by atoms with van der Waals surface area (Å²) in [6.45, 7) is 8.00. The molecule has 0 atom stereocenters. The SMILES string of the molecule is CC.CC.CNc1ccc(S(=O)(=O)N(C)C(=O)c2ccccc2)cc1. The molecule has 0 radical (unpaired) electrons. The zero-order valence-corrected chi connectivity index (χ0v) is 16.6. The van der Waals surface area contributed by atoms with Crippen LogP contribution in [0.3, 0.4) is 0 Å². The van der Waals surface area contributed by atoms with Gasteiger partial charge in [-0.1, -0.05) is 45.9 Å². The van der Waals surface area contributed by atoms with Gasteiger partial charge in [0.15, 0.2) is 0 Å². The highest BCUT2D eigenvalue weighted by atomic mass is 32.2. The van der Waals surface area contributed by atoms with E-state index >= 15 is 0 Å². The van der Waals surface area contributed by atoms with E-state index in [2.05, 4.69) is 5.32 Å². The summed E-state index contributed by atoms with van der Waals surface area (Å²) in [5, 5.41) is 2.91. The Kier molecular flexibility index (Phi) is 10.2. The van der Waals surface area contributed by atoms with Gasteiger partial charge in [-0.2, -0.15) is 0 Å². The van der Waals surface area contributed by atoms with Crippen LogP contribution in [-0.4, -0.2) is 32.7 Å². The first-order chi connectivity index (χ1) is 12.0. The molecule has 6 heteroatoms. The molecular weight excluding hydrogens is 336 g/mol. The van der Waals surface area contributed by atoms with Crippen LogP contribution in [0.15, 0.2) is 59.5 Å². The molecular formula is C19H28N2O3S. The van der Waals surface area contributed by atoms with E-state index in [1.54, 1.807) is 49.5 Å². The van der Waals surface area contributed by atoms with Crippen LogP contribution < -0.4 is 5.32 Å². The number of hydrogen-bond acceptors (Lipinski definition) is 4. The van der Waals surface area contributed by atoms with E-state index < -0.39 is 15.9 Å². The molecule has 2 aromatic rings. The highest BCUT2D eigenvalue weighted by molar-refractivity contribution is 7.89. The van der Waals surface area contributed by atoms with Crippen molar-refractivity contribution in [3.05, 3.63) is 60.2 Å². The largest absolute Gasteiger partial charge is 0.388 e. The maximum atomic E-state index is 12.4. The summed E-state index contributed by atoms with van der Waals surface area (Å²) in [5.74, 6) is -0.562. The van der Waals surface area contributed by atoms with Crippen molar-refractivity contribution in [3.63, 3.8) is 0 Å². The summed E-state index contributed by atoms with van der Waals surface area (Å²) in [6, 6.07) is 14.5. The summed E-state index contributed by atoms with van der Waals surface area (Å²) in [4.78, 5) is 12.3. The summed E-state index contributed by atoms with van der Waals surface area (Å²) in [6.07, 6.45) is 0. The number of nitrogens with one attached hydrogen (secondary N) is 1. The molecule has 0 aliphatic carbocycles. The molecule has 0 bridgehead atoms. The van der Waals surface area contributed by atoms with Crippen molar-refractivity contribution in [1.82, 2.24) is 4.31 Å². The molecule has 138 valence electrons. The van der Waals surface area contributed by atoms with Gasteiger partial charge in [0.05, 0.1) is 4.90 Å². The number of benzene rings is 2. The van der Waals surface area contributed by atoms with Crippen molar-refractivity contribution < 1.29 is 13.2 Å². The summed E-state index contributed by atoms with van der Waals surface area (Å²) in [7, 11) is -0.850. The van der Waals surface area contributed by atoms with Gasteiger partial charge >= 0.3 is 0 Å². The first kappa shape index (κ1) is 22.7. The Balaban J connectivity index is 0.00000134. The van der Waals surface area contributed by atoms with E-state index in [1.165, 1.54) is 19.2 Å². The molecule has 2 aromatic carbocycles. The number of carbonyl (C=O) groups is 1. The van der Waals surface area contributed by atoms with Gasteiger partial charge in [0, 0.05) is 25.3 Å². The van der Waals surface area contributed by atoms with Gasteiger partial charge in [0.1, 0.15) is 0 Å². The normalized spacial score (nSPS) is 9.68. The Morgan fingerprint density at radius 2 is 1.36 bits per heavy atom. The molecule has 1 N–H and O–H groups in total. The number of nitrogens with zero attached hydrogens (tertiary/aromatic N) is 1. The van der Waals surface area contributed by atoms with E-state index in [9.17, 15) is 13.2 Å². The predicted octanol–water partition coefficient (Wildman–Crippen LogP) is 4.24. The number of amides is 1. The van der Waals surface area contributed by atoms with Crippen LogP contribution in [-0.2, 0) is 10.0 Å². The number of rotatable bonds is 4. The molecule has 0 aliphatic heterocycles. The predicted molar refractivity (Wildman–Crippen MR) is 104 cm³/mol. The first-order valence-electron chi connectivity index (χ1n) is 8.33. The van der Waals surface area contributed by atoms with Crippen molar-refractivity contribution in [3.8, 4) is 0 Å². The minimum Gasteiger partial charge on any atom is -0.388 e. The van der Waals surface area contributed by atoms with Crippen LogP contribution in [0.25, 0.3) is 0 Å². The Hall–Kier alpha value is -2.34. The fourth-order valence-electron chi connectivity index (χ4n) is 1.82. The highest BCUT2D eigenvalue weighted by Gasteiger charge is 2.26. The fourth-order valence-corrected chi connectivity index (χ4v) is 2.94. The number of anilines is 1. The molecule has 0 unspecified atom stereocenters. The molecule has 0 saturated heterocycles. The third kappa shape index (κ3) is 5.90. The van der Waals surface area contributed by atoms with Gasteiger partial charge in [0.25, 0.3) is 15.9 Å². The van der Waals surface area contributed by atoms with E-state index in [4.69, 9.17) is 0 Å². The lowest BCUT2D eigenvalue weighted by molar-refractivity contribution is 0.0883. The third-order valence-corrected chi connectivity index (χ3v) is 4.86. The van der Waals surface area contributed by atoms with Crippen molar-refractivity contribution in [2.24, 2.45) is 0 Å². The minimum absolute atomic E-state index is 0.0771. The maximum absolute atomic E-state index is 12.4. The fraction of sp³-hybridized carbons (Fsp3) is 0.316. The smallest absolute Gasteiger partial charge is 0.267 e. The minimum atomic E-state index is -3.86. The molecule has 2 rings (SSSR count). The average Bonchev–Trinajstić information content (AvgIpc) is 2.70. The Bertz CT molecular complexity index is 727. The van der Waals surface area contributed by atoms with Gasteiger partial charge in [-0.25, -0.2) is 12.7 Å². The van der Waals surface area contributed by atoms with Gasteiger partial charge < -0.3 is 5.32 Å². The zero-order chi connectivity index (χ0) is 19.5. The molecule has 5 nitrogen and oxygen atoms in total. The van der Waals surface area contributed by atoms with Crippen molar-refractivity contribution in [1.29, 1.82) is 0 Å². The molecule has 1 amide bonds. The van der Waals surface area contributed by atoms with E-state index in [0.29, 0.717) is 5.56 Å². The second kappa shape index (κ2) is 11.3. The molecule has 0 spiro atoms. The Morgan fingerprint density at radius 1 is 0.880 bits per heavy atom. The molecule has 25 heavy (non-hydrogen) atoms. The average molecular weight is 365 g/mol. The van der Waals surface area contributed by atoms with Gasteiger partial charge in [-0.05, 0) is 36.4 Å². The lowest BCUT2D eigenvalue weighted by Crippen LogP contribution is -2.33. The molecule has 0 aliphatic rings. The van der Waals surface area contributed by atoms with E-state index in [-0.39, 0.29) is 4.90 Å². The molecule has 0 heterocycles. The van der Waals surface area contributed by atoms with Crippen molar-refractivity contribution >= 4 is 21.6 Å². The number of carbonyl (C=O) groups excluding carboxylic acids is 1. The Morgan fingerprint density at radius 3 is 1.80 bits per heavy atom. The monoisotopic (exact) mass is 364 g/mol. The maximum Gasteiger partial charge on any atom is 0.267 e. The lowest BCUT2D eigenvalue weighted by atomic mass is 10.2. The third-order valence-electron chi connectivity index (χ3n) is 3.11. The standard InChI is InChI=1S/C15H16N2O3S.2C2H6/c1-16-13-8-10-14(11-9-13)21(19,20)17(2)15(18)12-6-4-3-5-7-12;2*1-2/h3-11,16H,1-2H3;2*1-2H3. The molecule has 0 saturated carbocycles. The second-order valence-electron chi connectivity index (χ2n) is 4.42. The first-order valence-corrected chi connectivity index (χ1v) is 9.77. The van der Waals surface area contributed by atoms with Gasteiger partial charge in [0.2, 0.25) is 0 Å². The lowest BCUT2D eigenvalue weighted by Gasteiger charge is -2.17. The second-order valence-corrected chi connectivity index (χ2v) is 6.39. The summed E-state index contributed by atoms with van der Waals surface area (Å²) >= 11 is 0. The number of hydrogen-bond donors (Lipinski definition) is 1. The Labute approximate surface area is 151 Å². The quantitative estimate of drug-likeness (QED) is 0.881. The van der Waals surface area contributed by atoms with Crippen LogP contribution in [0.2, 0.25) is 0 Å². The highest BCUT2D eigenvalue weighted by Crippen LogP contribution is 2.19. The van der Waals surface area contributed by atoms with E-state index in [0.717, 1.165) is 9.99 Å².